The number of benzene rings is 1. The topological polar surface area (TPSA) is 55.6 Å². The quantitative estimate of drug-likeness (QED) is 0.784. The van der Waals surface area contributed by atoms with Crippen molar-refractivity contribution in [2.75, 3.05) is 20.2 Å². The molecule has 0 aliphatic carbocycles. The Hall–Kier alpha value is -2.30. The fourth-order valence-electron chi connectivity index (χ4n) is 2.31. The lowest BCUT2D eigenvalue weighted by atomic mass is 10.1. The lowest BCUT2D eigenvalue weighted by Crippen LogP contribution is -2.32. The Morgan fingerprint density at radius 1 is 1.23 bits per heavy atom. The van der Waals surface area contributed by atoms with Gasteiger partial charge in [0.25, 0.3) is 5.91 Å². The molecule has 0 N–H and O–H groups in total. The molecule has 118 valence electrons. The van der Waals surface area contributed by atoms with Crippen molar-refractivity contribution >= 4 is 5.91 Å². The Balaban J connectivity index is 2.21. The third-order valence-corrected chi connectivity index (χ3v) is 3.36. The summed E-state index contributed by atoms with van der Waals surface area (Å²) in [7, 11) is 1.61. The van der Waals surface area contributed by atoms with E-state index in [-0.39, 0.29) is 5.91 Å². The standard InChI is InChI=1S/C17H22N2O3/c1-4-9-19(10-5-2)17(20)15-12-16(22-18-15)13-7-6-8-14(11-13)21-3/h6-8,11-12H,4-5,9-10H2,1-3H3. The first kappa shape index (κ1) is 16.1. The first-order chi connectivity index (χ1) is 10.7. The van der Waals surface area contributed by atoms with Crippen LogP contribution in [0.5, 0.6) is 5.75 Å². The lowest BCUT2D eigenvalue weighted by molar-refractivity contribution is 0.0745. The molecule has 1 amide bonds. The lowest BCUT2D eigenvalue weighted by Gasteiger charge is -2.19. The van der Waals surface area contributed by atoms with Gasteiger partial charge in [0.15, 0.2) is 11.5 Å². The summed E-state index contributed by atoms with van der Waals surface area (Å²) in [6, 6.07) is 9.17. The summed E-state index contributed by atoms with van der Waals surface area (Å²) in [4.78, 5) is 14.3. The van der Waals surface area contributed by atoms with Crippen LogP contribution in [0.4, 0.5) is 0 Å². The number of carbonyl (C=O) groups excluding carboxylic acids is 1. The van der Waals surface area contributed by atoms with Gasteiger partial charge in [0.1, 0.15) is 5.75 Å². The summed E-state index contributed by atoms with van der Waals surface area (Å²) in [5, 5.41) is 3.93. The highest BCUT2D eigenvalue weighted by Gasteiger charge is 2.19. The molecule has 5 nitrogen and oxygen atoms in total. The monoisotopic (exact) mass is 302 g/mol. The molecule has 22 heavy (non-hydrogen) atoms. The molecule has 0 fully saturated rings. The molecule has 0 atom stereocenters. The van der Waals surface area contributed by atoms with Gasteiger partial charge in [-0.2, -0.15) is 0 Å². The number of methoxy groups -OCH3 is 1. The van der Waals surface area contributed by atoms with Crippen molar-refractivity contribution in [3.8, 4) is 17.1 Å². The van der Waals surface area contributed by atoms with Crippen LogP contribution in [0.15, 0.2) is 34.9 Å². The van der Waals surface area contributed by atoms with Crippen molar-refractivity contribution in [1.29, 1.82) is 0 Å². The first-order valence-electron chi connectivity index (χ1n) is 7.60. The first-order valence-corrected chi connectivity index (χ1v) is 7.60. The van der Waals surface area contributed by atoms with E-state index in [0.717, 1.165) is 37.2 Å². The number of nitrogens with zero attached hydrogens (tertiary/aromatic N) is 2. The van der Waals surface area contributed by atoms with Gasteiger partial charge >= 0.3 is 0 Å². The van der Waals surface area contributed by atoms with Crippen LogP contribution in [0.25, 0.3) is 11.3 Å². The predicted octanol–water partition coefficient (Wildman–Crippen LogP) is 3.61. The molecule has 0 unspecified atom stereocenters. The van der Waals surface area contributed by atoms with Gasteiger partial charge < -0.3 is 14.2 Å². The molecule has 0 bridgehead atoms. The Kier molecular flexibility index (Phi) is 5.58. The van der Waals surface area contributed by atoms with E-state index in [2.05, 4.69) is 19.0 Å². The second-order valence-corrected chi connectivity index (χ2v) is 5.10. The van der Waals surface area contributed by atoms with Crippen LogP contribution in [-0.4, -0.2) is 36.2 Å². The zero-order chi connectivity index (χ0) is 15.9. The Bertz CT molecular complexity index is 616. The smallest absolute Gasteiger partial charge is 0.276 e. The number of ether oxygens (including phenoxy) is 1. The average Bonchev–Trinajstić information content (AvgIpc) is 3.04. The second kappa shape index (κ2) is 7.64. The van der Waals surface area contributed by atoms with Crippen molar-refractivity contribution in [1.82, 2.24) is 10.1 Å². The van der Waals surface area contributed by atoms with Crippen molar-refractivity contribution in [3.63, 3.8) is 0 Å². The second-order valence-electron chi connectivity index (χ2n) is 5.10. The van der Waals surface area contributed by atoms with Crippen LogP contribution in [0.2, 0.25) is 0 Å². The van der Waals surface area contributed by atoms with Gasteiger partial charge in [0.2, 0.25) is 0 Å². The highest BCUT2D eigenvalue weighted by molar-refractivity contribution is 5.93. The van der Waals surface area contributed by atoms with Crippen LogP contribution < -0.4 is 4.74 Å². The molecule has 1 aromatic carbocycles. The molecule has 0 saturated carbocycles. The predicted molar refractivity (Wildman–Crippen MR) is 85.0 cm³/mol. The number of rotatable bonds is 7. The van der Waals surface area contributed by atoms with E-state index in [9.17, 15) is 4.79 Å². The molecular formula is C17H22N2O3. The zero-order valence-electron chi connectivity index (χ0n) is 13.3. The maximum atomic E-state index is 12.5. The van der Waals surface area contributed by atoms with Crippen molar-refractivity contribution < 1.29 is 14.1 Å². The van der Waals surface area contributed by atoms with Gasteiger partial charge in [0, 0.05) is 24.7 Å². The van der Waals surface area contributed by atoms with E-state index < -0.39 is 0 Å². The van der Waals surface area contributed by atoms with Crippen molar-refractivity contribution in [2.24, 2.45) is 0 Å². The van der Waals surface area contributed by atoms with E-state index >= 15 is 0 Å². The molecule has 2 rings (SSSR count). The van der Waals surface area contributed by atoms with E-state index in [1.165, 1.54) is 0 Å². The van der Waals surface area contributed by atoms with E-state index in [1.807, 2.05) is 29.2 Å². The number of amides is 1. The molecule has 0 aliphatic rings. The molecule has 1 aromatic heterocycles. The van der Waals surface area contributed by atoms with E-state index in [4.69, 9.17) is 9.26 Å². The summed E-state index contributed by atoms with van der Waals surface area (Å²) in [5.74, 6) is 1.22. The fourth-order valence-corrected chi connectivity index (χ4v) is 2.31. The Labute approximate surface area is 130 Å². The Morgan fingerprint density at radius 2 is 1.95 bits per heavy atom. The van der Waals surface area contributed by atoms with E-state index in [0.29, 0.717) is 11.5 Å². The van der Waals surface area contributed by atoms with Gasteiger partial charge in [-0.05, 0) is 25.0 Å². The molecule has 0 aliphatic heterocycles. The van der Waals surface area contributed by atoms with Crippen LogP contribution >= 0.6 is 0 Å². The van der Waals surface area contributed by atoms with Crippen LogP contribution in [0.3, 0.4) is 0 Å². The SMILES string of the molecule is CCCN(CCC)C(=O)c1cc(-c2cccc(OC)c2)on1. The minimum Gasteiger partial charge on any atom is -0.497 e. The van der Waals surface area contributed by atoms with Crippen LogP contribution in [0, 0.1) is 0 Å². The summed E-state index contributed by atoms with van der Waals surface area (Å²) in [6.45, 7) is 5.57. The van der Waals surface area contributed by atoms with Crippen molar-refractivity contribution in [3.05, 3.63) is 36.0 Å². The van der Waals surface area contributed by atoms with Gasteiger partial charge in [-0.3, -0.25) is 4.79 Å². The highest BCUT2D eigenvalue weighted by atomic mass is 16.5. The fraction of sp³-hybridized carbons (Fsp3) is 0.412. The molecule has 1 heterocycles. The third-order valence-electron chi connectivity index (χ3n) is 3.36. The van der Waals surface area contributed by atoms with Crippen LogP contribution in [0.1, 0.15) is 37.2 Å². The largest absolute Gasteiger partial charge is 0.497 e. The third kappa shape index (κ3) is 3.67. The summed E-state index contributed by atoms with van der Waals surface area (Å²) >= 11 is 0. The molecule has 0 saturated heterocycles. The minimum atomic E-state index is -0.0819. The average molecular weight is 302 g/mol. The van der Waals surface area contributed by atoms with Gasteiger partial charge in [-0.1, -0.05) is 31.1 Å². The number of carbonyl (C=O) groups is 1. The summed E-state index contributed by atoms with van der Waals surface area (Å²) < 4.78 is 10.5. The normalized spacial score (nSPS) is 10.5. The van der Waals surface area contributed by atoms with Gasteiger partial charge in [0.05, 0.1) is 7.11 Å². The summed E-state index contributed by atoms with van der Waals surface area (Å²) in [6.07, 6.45) is 1.85. The van der Waals surface area contributed by atoms with Crippen molar-refractivity contribution in [2.45, 2.75) is 26.7 Å². The molecular weight excluding hydrogens is 280 g/mol. The van der Waals surface area contributed by atoms with E-state index in [1.54, 1.807) is 13.2 Å². The highest BCUT2D eigenvalue weighted by Crippen LogP contribution is 2.24. The zero-order valence-corrected chi connectivity index (χ0v) is 13.3. The van der Waals surface area contributed by atoms with Gasteiger partial charge in [-0.25, -0.2) is 0 Å². The Morgan fingerprint density at radius 3 is 2.59 bits per heavy atom. The van der Waals surface area contributed by atoms with Gasteiger partial charge in [-0.15, -0.1) is 0 Å². The maximum Gasteiger partial charge on any atom is 0.276 e. The van der Waals surface area contributed by atoms with Crippen LogP contribution in [-0.2, 0) is 0 Å². The minimum absolute atomic E-state index is 0.0819. The molecule has 0 radical (unpaired) electrons. The number of hydrogen-bond donors (Lipinski definition) is 0. The number of aromatic nitrogens is 1. The number of hydrogen-bond acceptors (Lipinski definition) is 4. The molecule has 2 aromatic rings. The molecule has 5 heteroatoms. The molecule has 0 spiro atoms. The summed E-state index contributed by atoms with van der Waals surface area (Å²) in [5.41, 5.74) is 1.18. The maximum absolute atomic E-state index is 12.5.